The van der Waals surface area contributed by atoms with Gasteiger partial charge < -0.3 is 10.2 Å². The van der Waals surface area contributed by atoms with Crippen molar-refractivity contribution in [1.29, 1.82) is 0 Å². The molecule has 0 aromatic carbocycles. The molecule has 1 aliphatic carbocycles. The van der Waals surface area contributed by atoms with Crippen LogP contribution in [-0.4, -0.2) is 35.3 Å². The standard InChI is InChI=1S/C16H28N2O2/c1-10(2)14-15(19)17-12(4)16(20)18(14)9-13-8-6-5-7-11(13)3/h10-14H,5-9H2,1-4H3,(H,17,19). The predicted molar refractivity (Wildman–Crippen MR) is 79.1 cm³/mol. The van der Waals surface area contributed by atoms with Crippen LogP contribution in [0.4, 0.5) is 0 Å². The van der Waals surface area contributed by atoms with E-state index in [-0.39, 0.29) is 29.8 Å². The van der Waals surface area contributed by atoms with Gasteiger partial charge in [0, 0.05) is 6.54 Å². The maximum absolute atomic E-state index is 12.5. The van der Waals surface area contributed by atoms with Gasteiger partial charge in [-0.25, -0.2) is 0 Å². The van der Waals surface area contributed by atoms with Gasteiger partial charge in [0.1, 0.15) is 12.1 Å². The molecular weight excluding hydrogens is 252 g/mol. The van der Waals surface area contributed by atoms with Crippen LogP contribution < -0.4 is 5.32 Å². The second-order valence-corrected chi connectivity index (χ2v) is 6.93. The van der Waals surface area contributed by atoms with E-state index in [1.165, 1.54) is 25.7 Å². The molecule has 4 atom stereocenters. The van der Waals surface area contributed by atoms with E-state index in [0.717, 1.165) is 6.54 Å². The Morgan fingerprint density at radius 3 is 2.45 bits per heavy atom. The van der Waals surface area contributed by atoms with Crippen LogP contribution in [0, 0.1) is 17.8 Å². The van der Waals surface area contributed by atoms with Crippen LogP contribution in [0.25, 0.3) is 0 Å². The van der Waals surface area contributed by atoms with Crippen molar-refractivity contribution in [2.24, 2.45) is 17.8 Å². The van der Waals surface area contributed by atoms with Gasteiger partial charge in [-0.2, -0.15) is 0 Å². The van der Waals surface area contributed by atoms with E-state index in [9.17, 15) is 9.59 Å². The number of nitrogens with zero attached hydrogens (tertiary/aromatic N) is 1. The van der Waals surface area contributed by atoms with Crippen LogP contribution in [-0.2, 0) is 9.59 Å². The molecule has 0 aromatic heterocycles. The third-order valence-electron chi connectivity index (χ3n) is 4.97. The Bertz CT molecular complexity index is 381. The lowest BCUT2D eigenvalue weighted by Crippen LogP contribution is -2.64. The zero-order chi connectivity index (χ0) is 14.9. The largest absolute Gasteiger partial charge is 0.343 e. The van der Waals surface area contributed by atoms with E-state index in [4.69, 9.17) is 0 Å². The molecule has 1 saturated heterocycles. The summed E-state index contributed by atoms with van der Waals surface area (Å²) in [6.07, 6.45) is 4.99. The molecule has 0 radical (unpaired) electrons. The maximum Gasteiger partial charge on any atom is 0.245 e. The van der Waals surface area contributed by atoms with Gasteiger partial charge in [0.25, 0.3) is 0 Å². The second-order valence-electron chi connectivity index (χ2n) is 6.93. The SMILES string of the molecule is CC1NC(=O)C(C(C)C)N(CC2CCCCC2C)C1=O. The number of rotatable bonds is 3. The molecule has 2 amide bonds. The lowest BCUT2D eigenvalue weighted by molar-refractivity contribution is -0.151. The molecule has 4 heteroatoms. The normalized spacial score (nSPS) is 35.4. The van der Waals surface area contributed by atoms with E-state index in [2.05, 4.69) is 12.2 Å². The molecule has 2 fully saturated rings. The summed E-state index contributed by atoms with van der Waals surface area (Å²) in [7, 11) is 0. The second kappa shape index (κ2) is 6.15. The average Bonchev–Trinajstić information content (AvgIpc) is 2.37. The van der Waals surface area contributed by atoms with Gasteiger partial charge in [-0.3, -0.25) is 9.59 Å². The van der Waals surface area contributed by atoms with Crippen LogP contribution in [0.2, 0.25) is 0 Å². The molecular formula is C16H28N2O2. The fourth-order valence-corrected chi connectivity index (χ4v) is 3.67. The molecule has 1 aliphatic heterocycles. The highest BCUT2D eigenvalue weighted by molar-refractivity contribution is 5.96. The minimum absolute atomic E-state index is 0.00978. The van der Waals surface area contributed by atoms with Crippen molar-refractivity contribution in [2.45, 2.75) is 65.5 Å². The highest BCUT2D eigenvalue weighted by Crippen LogP contribution is 2.31. The lowest BCUT2D eigenvalue weighted by atomic mass is 9.79. The minimum atomic E-state index is -0.378. The van der Waals surface area contributed by atoms with E-state index in [1.807, 2.05) is 18.7 Å². The molecule has 0 spiro atoms. The fraction of sp³-hybridized carbons (Fsp3) is 0.875. The first kappa shape index (κ1) is 15.3. The van der Waals surface area contributed by atoms with Crippen LogP contribution >= 0.6 is 0 Å². The van der Waals surface area contributed by atoms with Crippen LogP contribution in [0.15, 0.2) is 0 Å². The number of hydrogen-bond donors (Lipinski definition) is 1. The van der Waals surface area contributed by atoms with E-state index >= 15 is 0 Å². The summed E-state index contributed by atoms with van der Waals surface area (Å²) in [5.41, 5.74) is 0. The first-order chi connectivity index (χ1) is 9.41. The first-order valence-electron chi connectivity index (χ1n) is 8.02. The van der Waals surface area contributed by atoms with E-state index < -0.39 is 0 Å². The van der Waals surface area contributed by atoms with Crippen molar-refractivity contribution in [2.75, 3.05) is 6.54 Å². The summed E-state index contributed by atoms with van der Waals surface area (Å²) < 4.78 is 0. The Hall–Kier alpha value is -1.06. The number of piperazine rings is 1. The summed E-state index contributed by atoms with van der Waals surface area (Å²) in [4.78, 5) is 26.6. The van der Waals surface area contributed by atoms with Crippen LogP contribution in [0.1, 0.15) is 53.4 Å². The summed E-state index contributed by atoms with van der Waals surface area (Å²) in [5, 5.41) is 2.81. The fourth-order valence-electron chi connectivity index (χ4n) is 3.67. The summed E-state index contributed by atoms with van der Waals surface area (Å²) in [6.45, 7) is 8.86. The molecule has 4 unspecified atom stereocenters. The van der Waals surface area contributed by atoms with Crippen LogP contribution in [0.5, 0.6) is 0 Å². The van der Waals surface area contributed by atoms with E-state index in [1.54, 1.807) is 6.92 Å². The highest BCUT2D eigenvalue weighted by Gasteiger charge is 2.41. The molecule has 1 saturated carbocycles. The molecule has 2 aliphatic rings. The maximum atomic E-state index is 12.5. The minimum Gasteiger partial charge on any atom is -0.343 e. The highest BCUT2D eigenvalue weighted by atomic mass is 16.2. The predicted octanol–water partition coefficient (Wildman–Crippen LogP) is 2.18. The van der Waals surface area contributed by atoms with Crippen molar-refractivity contribution in [1.82, 2.24) is 10.2 Å². The molecule has 1 heterocycles. The molecule has 20 heavy (non-hydrogen) atoms. The van der Waals surface area contributed by atoms with Crippen molar-refractivity contribution < 1.29 is 9.59 Å². The summed E-state index contributed by atoms with van der Waals surface area (Å²) >= 11 is 0. The van der Waals surface area contributed by atoms with Gasteiger partial charge in [0.05, 0.1) is 0 Å². The van der Waals surface area contributed by atoms with E-state index in [0.29, 0.717) is 11.8 Å². The summed E-state index contributed by atoms with van der Waals surface area (Å²) in [5.74, 6) is 1.46. The van der Waals surface area contributed by atoms with Crippen molar-refractivity contribution in [3.8, 4) is 0 Å². The molecule has 2 rings (SSSR count). The van der Waals surface area contributed by atoms with Gasteiger partial charge >= 0.3 is 0 Å². The zero-order valence-electron chi connectivity index (χ0n) is 13.2. The topological polar surface area (TPSA) is 49.4 Å². The molecule has 1 N–H and O–H groups in total. The van der Waals surface area contributed by atoms with Gasteiger partial charge in [0.15, 0.2) is 0 Å². The third kappa shape index (κ3) is 2.99. The van der Waals surface area contributed by atoms with Crippen molar-refractivity contribution in [3.63, 3.8) is 0 Å². The monoisotopic (exact) mass is 280 g/mol. The molecule has 4 nitrogen and oxygen atoms in total. The van der Waals surface area contributed by atoms with Crippen molar-refractivity contribution >= 4 is 11.8 Å². The number of carbonyl (C=O) groups is 2. The Kier molecular flexibility index (Phi) is 4.71. The first-order valence-corrected chi connectivity index (χ1v) is 8.02. The van der Waals surface area contributed by atoms with Crippen molar-refractivity contribution in [3.05, 3.63) is 0 Å². The molecule has 114 valence electrons. The quantitative estimate of drug-likeness (QED) is 0.861. The zero-order valence-corrected chi connectivity index (χ0v) is 13.2. The Balaban J connectivity index is 2.15. The van der Waals surface area contributed by atoms with Gasteiger partial charge in [-0.15, -0.1) is 0 Å². The van der Waals surface area contributed by atoms with Gasteiger partial charge in [-0.05, 0) is 31.1 Å². The Morgan fingerprint density at radius 1 is 1.20 bits per heavy atom. The van der Waals surface area contributed by atoms with Crippen LogP contribution in [0.3, 0.4) is 0 Å². The average molecular weight is 280 g/mol. The smallest absolute Gasteiger partial charge is 0.245 e. The number of amides is 2. The number of hydrogen-bond acceptors (Lipinski definition) is 2. The molecule has 0 aromatic rings. The lowest BCUT2D eigenvalue weighted by Gasteiger charge is -2.43. The van der Waals surface area contributed by atoms with Gasteiger partial charge in [-0.1, -0.05) is 40.0 Å². The number of carbonyl (C=O) groups excluding carboxylic acids is 2. The Morgan fingerprint density at radius 2 is 1.85 bits per heavy atom. The summed E-state index contributed by atoms with van der Waals surface area (Å²) in [6, 6.07) is -0.677. The Labute approximate surface area is 122 Å². The number of nitrogens with one attached hydrogen (secondary N) is 1. The third-order valence-corrected chi connectivity index (χ3v) is 4.97. The molecule has 0 bridgehead atoms. The van der Waals surface area contributed by atoms with Gasteiger partial charge in [0.2, 0.25) is 11.8 Å².